The highest BCUT2D eigenvalue weighted by Crippen LogP contribution is 2.40. The van der Waals surface area contributed by atoms with Gasteiger partial charge in [-0.2, -0.15) is 0 Å². The fourth-order valence-corrected chi connectivity index (χ4v) is 6.15. The third kappa shape index (κ3) is 8.12. The molecule has 2 saturated heterocycles. The van der Waals surface area contributed by atoms with Gasteiger partial charge in [0.1, 0.15) is 11.6 Å². The molecule has 0 unspecified atom stereocenters. The summed E-state index contributed by atoms with van der Waals surface area (Å²) in [5.41, 5.74) is 0.565. The molecule has 0 bridgehead atoms. The standard InChI is InChI=1S/C28H47N7O2/c1-24(2)20-32-15-7-28(8-16-32)9-17-33(23-28)12-5-14-35-19-11-30-26(35)22-31(3)21-25-29-10-18-34(25)13-4-6-27(36)37/h10-11,18-19,24H,4-9,12-17,20-23H2,1-3H3,(H,36,37). The first kappa shape index (κ1) is 27.8. The minimum Gasteiger partial charge on any atom is -0.481 e. The van der Waals surface area contributed by atoms with Crippen LogP contribution in [0.25, 0.3) is 0 Å². The molecule has 9 heteroatoms. The van der Waals surface area contributed by atoms with Gasteiger partial charge in [0.25, 0.3) is 0 Å². The summed E-state index contributed by atoms with van der Waals surface area (Å²) in [5.74, 6) is 2.06. The van der Waals surface area contributed by atoms with E-state index in [9.17, 15) is 4.79 Å². The van der Waals surface area contributed by atoms with Crippen LogP contribution in [0.2, 0.25) is 0 Å². The number of imidazole rings is 2. The predicted octanol–water partition coefficient (Wildman–Crippen LogP) is 3.41. The molecule has 0 aliphatic carbocycles. The topological polar surface area (TPSA) is 82.7 Å². The van der Waals surface area contributed by atoms with Crippen LogP contribution in [-0.4, -0.2) is 91.2 Å². The van der Waals surface area contributed by atoms with E-state index >= 15 is 0 Å². The number of hydrogen-bond acceptors (Lipinski definition) is 6. The van der Waals surface area contributed by atoms with Crippen LogP contribution in [0.4, 0.5) is 0 Å². The molecule has 2 aliphatic rings. The molecule has 9 nitrogen and oxygen atoms in total. The number of carboxylic acid groups (broad SMARTS) is 1. The molecule has 2 fully saturated rings. The first-order valence-electron chi connectivity index (χ1n) is 14.2. The molecule has 1 spiro atoms. The number of aliphatic carboxylic acids is 1. The molecule has 0 saturated carbocycles. The van der Waals surface area contributed by atoms with Crippen molar-refractivity contribution in [2.45, 2.75) is 78.6 Å². The van der Waals surface area contributed by atoms with Crippen LogP contribution in [0, 0.1) is 11.3 Å². The first-order valence-corrected chi connectivity index (χ1v) is 14.2. The Morgan fingerprint density at radius 1 is 0.946 bits per heavy atom. The van der Waals surface area contributed by atoms with Gasteiger partial charge in [-0.25, -0.2) is 9.97 Å². The molecule has 1 N–H and O–H groups in total. The number of likely N-dealkylation sites (tertiary alicyclic amines) is 2. The van der Waals surface area contributed by atoms with Gasteiger partial charge in [-0.3, -0.25) is 9.69 Å². The van der Waals surface area contributed by atoms with Gasteiger partial charge in [0.15, 0.2) is 0 Å². The summed E-state index contributed by atoms with van der Waals surface area (Å²) < 4.78 is 4.36. The predicted molar refractivity (Wildman–Crippen MR) is 145 cm³/mol. The monoisotopic (exact) mass is 513 g/mol. The molecule has 0 aromatic carbocycles. The summed E-state index contributed by atoms with van der Waals surface area (Å²) in [6, 6.07) is 0. The SMILES string of the molecule is CC(C)CN1CCC2(CC1)CCN(CCCn1ccnc1CN(C)Cc1nccn1CCCC(=O)O)C2. The Balaban J connectivity index is 1.18. The molecule has 37 heavy (non-hydrogen) atoms. The summed E-state index contributed by atoms with van der Waals surface area (Å²) in [6.45, 7) is 15.3. The highest BCUT2D eigenvalue weighted by Gasteiger charge is 2.40. The van der Waals surface area contributed by atoms with Crippen LogP contribution in [0.15, 0.2) is 24.8 Å². The fraction of sp³-hybridized carbons (Fsp3) is 0.750. The van der Waals surface area contributed by atoms with E-state index in [0.29, 0.717) is 24.9 Å². The van der Waals surface area contributed by atoms with E-state index in [1.165, 1.54) is 58.5 Å². The molecule has 4 rings (SSSR count). The third-order valence-electron chi connectivity index (χ3n) is 8.15. The summed E-state index contributed by atoms with van der Waals surface area (Å²) >= 11 is 0. The van der Waals surface area contributed by atoms with Gasteiger partial charge >= 0.3 is 5.97 Å². The second-order valence-electron chi connectivity index (χ2n) is 11.8. The van der Waals surface area contributed by atoms with Gasteiger partial charge < -0.3 is 24.0 Å². The van der Waals surface area contributed by atoms with E-state index in [0.717, 1.165) is 37.1 Å². The van der Waals surface area contributed by atoms with Crippen molar-refractivity contribution in [3.8, 4) is 0 Å². The Morgan fingerprint density at radius 3 is 2.08 bits per heavy atom. The summed E-state index contributed by atoms with van der Waals surface area (Å²) in [6.07, 6.45) is 13.8. The van der Waals surface area contributed by atoms with Gasteiger partial charge in [0.05, 0.1) is 13.1 Å². The van der Waals surface area contributed by atoms with Gasteiger partial charge in [0.2, 0.25) is 0 Å². The minimum absolute atomic E-state index is 0.181. The van der Waals surface area contributed by atoms with Crippen molar-refractivity contribution < 1.29 is 9.90 Å². The fourth-order valence-electron chi connectivity index (χ4n) is 6.15. The lowest BCUT2D eigenvalue weighted by atomic mass is 9.77. The lowest BCUT2D eigenvalue weighted by Crippen LogP contribution is -2.42. The molecule has 4 heterocycles. The van der Waals surface area contributed by atoms with Gasteiger partial charge in [-0.1, -0.05) is 13.8 Å². The van der Waals surface area contributed by atoms with Crippen molar-refractivity contribution >= 4 is 5.97 Å². The molecule has 0 amide bonds. The van der Waals surface area contributed by atoms with Gasteiger partial charge in [-0.15, -0.1) is 0 Å². The molecular formula is C28H47N7O2. The average molecular weight is 514 g/mol. The third-order valence-corrected chi connectivity index (χ3v) is 8.15. The van der Waals surface area contributed by atoms with E-state index in [1.807, 2.05) is 12.4 Å². The number of carbonyl (C=O) groups is 1. The van der Waals surface area contributed by atoms with Gasteiger partial charge in [-0.05, 0) is 76.7 Å². The van der Waals surface area contributed by atoms with Crippen molar-refractivity contribution in [3.05, 3.63) is 36.4 Å². The molecule has 2 aromatic rings. The largest absolute Gasteiger partial charge is 0.481 e. The molecule has 0 atom stereocenters. The number of carboxylic acids is 1. The number of rotatable bonds is 14. The normalized spacial score (nSPS) is 18.5. The van der Waals surface area contributed by atoms with Crippen molar-refractivity contribution in [2.24, 2.45) is 11.3 Å². The van der Waals surface area contributed by atoms with E-state index in [4.69, 9.17) is 5.11 Å². The number of hydrogen-bond donors (Lipinski definition) is 1. The van der Waals surface area contributed by atoms with Gasteiger partial charge in [0, 0.05) is 57.4 Å². The molecule has 0 radical (unpaired) electrons. The second-order valence-corrected chi connectivity index (χ2v) is 11.8. The van der Waals surface area contributed by atoms with Crippen molar-refractivity contribution in [3.63, 3.8) is 0 Å². The van der Waals surface area contributed by atoms with Crippen LogP contribution >= 0.6 is 0 Å². The maximum Gasteiger partial charge on any atom is 0.303 e. The smallest absolute Gasteiger partial charge is 0.303 e. The van der Waals surface area contributed by atoms with Crippen LogP contribution in [0.3, 0.4) is 0 Å². The molecular weight excluding hydrogens is 466 g/mol. The highest BCUT2D eigenvalue weighted by atomic mass is 16.4. The van der Waals surface area contributed by atoms with Crippen molar-refractivity contribution in [1.82, 2.24) is 33.8 Å². The quantitative estimate of drug-likeness (QED) is 0.415. The lowest BCUT2D eigenvalue weighted by molar-refractivity contribution is -0.137. The average Bonchev–Trinajstić information content (AvgIpc) is 3.57. The number of piperidine rings is 1. The Hall–Kier alpha value is -2.23. The molecule has 2 aromatic heterocycles. The van der Waals surface area contributed by atoms with Crippen LogP contribution in [0.5, 0.6) is 0 Å². The molecule has 2 aliphatic heterocycles. The van der Waals surface area contributed by atoms with E-state index in [1.54, 1.807) is 6.20 Å². The number of nitrogens with zero attached hydrogens (tertiary/aromatic N) is 7. The molecule has 206 valence electrons. The zero-order chi connectivity index (χ0) is 26.3. The Morgan fingerprint density at radius 2 is 1.51 bits per heavy atom. The number of aryl methyl sites for hydroxylation is 2. The van der Waals surface area contributed by atoms with Crippen molar-refractivity contribution in [1.29, 1.82) is 0 Å². The Labute approximate surface area is 222 Å². The minimum atomic E-state index is -0.753. The summed E-state index contributed by atoms with van der Waals surface area (Å²) in [5, 5.41) is 8.89. The summed E-state index contributed by atoms with van der Waals surface area (Å²) in [7, 11) is 2.09. The lowest BCUT2D eigenvalue weighted by Gasteiger charge is -2.40. The zero-order valence-corrected chi connectivity index (χ0v) is 23.2. The van der Waals surface area contributed by atoms with Crippen molar-refractivity contribution in [2.75, 3.05) is 46.3 Å². The maximum absolute atomic E-state index is 10.8. The maximum atomic E-state index is 10.8. The summed E-state index contributed by atoms with van der Waals surface area (Å²) in [4.78, 5) is 27.5. The van der Waals surface area contributed by atoms with E-state index < -0.39 is 5.97 Å². The van der Waals surface area contributed by atoms with E-state index in [2.05, 4.69) is 60.9 Å². The second kappa shape index (κ2) is 13.0. The first-order chi connectivity index (χ1) is 17.8. The Bertz CT molecular complexity index is 977. The van der Waals surface area contributed by atoms with Crippen LogP contribution in [-0.2, 0) is 31.0 Å². The van der Waals surface area contributed by atoms with E-state index in [-0.39, 0.29) is 6.42 Å². The number of aromatic nitrogens is 4. The Kier molecular flexibility index (Phi) is 9.78. The van der Waals surface area contributed by atoms with Crippen LogP contribution < -0.4 is 0 Å². The zero-order valence-electron chi connectivity index (χ0n) is 23.2. The highest BCUT2D eigenvalue weighted by molar-refractivity contribution is 5.66. The van der Waals surface area contributed by atoms with Crippen LogP contribution in [0.1, 0.15) is 64.0 Å².